The molecule has 1 unspecified atom stereocenters. The molecule has 0 amide bonds. The molecule has 0 fully saturated rings. The monoisotopic (exact) mass is 283 g/mol. The molecule has 0 saturated carbocycles. The van der Waals surface area contributed by atoms with Crippen LogP contribution in [0.3, 0.4) is 0 Å². The third-order valence-electron chi connectivity index (χ3n) is 3.72. The highest BCUT2D eigenvalue weighted by Crippen LogP contribution is 2.26. The van der Waals surface area contributed by atoms with Gasteiger partial charge in [0.05, 0.1) is 6.04 Å². The van der Waals surface area contributed by atoms with Crippen molar-refractivity contribution in [2.75, 3.05) is 12.3 Å². The van der Waals surface area contributed by atoms with Gasteiger partial charge in [-0.25, -0.2) is 4.98 Å². The van der Waals surface area contributed by atoms with E-state index in [0.717, 1.165) is 30.5 Å². The van der Waals surface area contributed by atoms with Crippen molar-refractivity contribution >= 4 is 5.82 Å². The minimum Gasteiger partial charge on any atom is -0.383 e. The summed E-state index contributed by atoms with van der Waals surface area (Å²) in [7, 11) is 0. The molecule has 0 saturated heterocycles. The second kappa shape index (κ2) is 7.23. The van der Waals surface area contributed by atoms with Crippen molar-refractivity contribution in [1.82, 2.24) is 10.3 Å². The number of rotatable bonds is 6. The van der Waals surface area contributed by atoms with Crippen LogP contribution in [0.15, 0.2) is 36.5 Å². The SMILES string of the molecule is CCCNC(c1ccc(CC)cc1)c1cc(C)cnc1N. The largest absolute Gasteiger partial charge is 0.383 e. The summed E-state index contributed by atoms with van der Waals surface area (Å²) in [5.74, 6) is 0.605. The highest BCUT2D eigenvalue weighted by Gasteiger charge is 2.17. The molecule has 0 bridgehead atoms. The van der Waals surface area contributed by atoms with E-state index < -0.39 is 0 Å². The van der Waals surface area contributed by atoms with E-state index in [1.54, 1.807) is 0 Å². The molecule has 1 aromatic carbocycles. The second-order valence-electron chi connectivity index (χ2n) is 5.47. The number of hydrogen-bond acceptors (Lipinski definition) is 3. The molecule has 3 nitrogen and oxygen atoms in total. The number of aromatic nitrogens is 1. The first-order valence-corrected chi connectivity index (χ1v) is 7.70. The van der Waals surface area contributed by atoms with E-state index in [0.29, 0.717) is 5.82 Å². The fourth-order valence-corrected chi connectivity index (χ4v) is 2.48. The first kappa shape index (κ1) is 15.5. The highest BCUT2D eigenvalue weighted by molar-refractivity contribution is 5.47. The van der Waals surface area contributed by atoms with Gasteiger partial charge in [0.15, 0.2) is 0 Å². The number of nitrogen functional groups attached to an aromatic ring is 1. The zero-order valence-corrected chi connectivity index (χ0v) is 13.2. The molecule has 1 atom stereocenters. The van der Waals surface area contributed by atoms with Crippen molar-refractivity contribution < 1.29 is 0 Å². The Labute approximate surface area is 127 Å². The molecule has 0 aliphatic heterocycles. The van der Waals surface area contributed by atoms with Gasteiger partial charge >= 0.3 is 0 Å². The summed E-state index contributed by atoms with van der Waals surface area (Å²) in [5, 5.41) is 3.59. The van der Waals surface area contributed by atoms with Crippen LogP contribution in [0.4, 0.5) is 5.82 Å². The van der Waals surface area contributed by atoms with Crippen LogP contribution in [0, 0.1) is 6.92 Å². The van der Waals surface area contributed by atoms with Crippen LogP contribution in [0.5, 0.6) is 0 Å². The average molecular weight is 283 g/mol. The van der Waals surface area contributed by atoms with Crippen LogP contribution < -0.4 is 11.1 Å². The van der Waals surface area contributed by atoms with Gasteiger partial charge < -0.3 is 11.1 Å². The van der Waals surface area contributed by atoms with Crippen molar-refractivity contribution in [2.45, 2.75) is 39.7 Å². The van der Waals surface area contributed by atoms with Crippen LogP contribution >= 0.6 is 0 Å². The topological polar surface area (TPSA) is 50.9 Å². The van der Waals surface area contributed by atoms with Crippen molar-refractivity contribution in [3.05, 3.63) is 58.8 Å². The van der Waals surface area contributed by atoms with E-state index in [4.69, 9.17) is 5.73 Å². The number of pyridine rings is 1. The Kier molecular flexibility index (Phi) is 5.34. The van der Waals surface area contributed by atoms with E-state index >= 15 is 0 Å². The predicted molar refractivity (Wildman–Crippen MR) is 89.3 cm³/mol. The summed E-state index contributed by atoms with van der Waals surface area (Å²) in [5.41, 5.74) is 10.9. The number of nitrogens with two attached hydrogens (primary N) is 1. The summed E-state index contributed by atoms with van der Waals surface area (Å²) in [6.07, 6.45) is 3.96. The minimum atomic E-state index is 0.100. The molecule has 1 aromatic heterocycles. The fourth-order valence-electron chi connectivity index (χ4n) is 2.48. The number of hydrogen-bond donors (Lipinski definition) is 2. The summed E-state index contributed by atoms with van der Waals surface area (Å²) in [4.78, 5) is 4.30. The first-order valence-electron chi connectivity index (χ1n) is 7.70. The molecule has 3 heteroatoms. The van der Waals surface area contributed by atoms with Gasteiger partial charge in [0, 0.05) is 11.8 Å². The van der Waals surface area contributed by atoms with Crippen LogP contribution in [0.25, 0.3) is 0 Å². The zero-order valence-electron chi connectivity index (χ0n) is 13.2. The van der Waals surface area contributed by atoms with E-state index in [-0.39, 0.29) is 6.04 Å². The third-order valence-corrected chi connectivity index (χ3v) is 3.72. The van der Waals surface area contributed by atoms with Gasteiger partial charge in [0.2, 0.25) is 0 Å². The number of benzene rings is 1. The predicted octanol–water partition coefficient (Wildman–Crippen LogP) is 3.62. The van der Waals surface area contributed by atoms with E-state index in [1.807, 2.05) is 13.1 Å². The molecule has 1 heterocycles. The molecule has 0 aliphatic carbocycles. The van der Waals surface area contributed by atoms with Gasteiger partial charge in [-0.3, -0.25) is 0 Å². The maximum absolute atomic E-state index is 6.10. The Morgan fingerprint density at radius 2 is 1.90 bits per heavy atom. The number of anilines is 1. The lowest BCUT2D eigenvalue weighted by molar-refractivity contribution is 0.598. The van der Waals surface area contributed by atoms with Crippen LogP contribution in [0.2, 0.25) is 0 Å². The highest BCUT2D eigenvalue weighted by atomic mass is 14.9. The second-order valence-corrected chi connectivity index (χ2v) is 5.47. The molecule has 2 rings (SSSR count). The molecular formula is C18H25N3. The third kappa shape index (κ3) is 3.82. The van der Waals surface area contributed by atoms with Crippen LogP contribution in [-0.2, 0) is 6.42 Å². The standard InChI is InChI=1S/C18H25N3/c1-4-10-20-17(15-8-6-14(5-2)7-9-15)16-11-13(3)12-21-18(16)19/h6-9,11-12,17,20H,4-5,10H2,1-3H3,(H2,19,21). The Bertz CT molecular complexity index is 576. The molecule has 3 N–H and O–H groups in total. The smallest absolute Gasteiger partial charge is 0.128 e. The zero-order chi connectivity index (χ0) is 15.2. The van der Waals surface area contributed by atoms with Gasteiger partial charge in [0.1, 0.15) is 5.82 Å². The number of aryl methyl sites for hydroxylation is 2. The van der Waals surface area contributed by atoms with Crippen LogP contribution in [0.1, 0.15) is 48.6 Å². The van der Waals surface area contributed by atoms with Crippen LogP contribution in [-0.4, -0.2) is 11.5 Å². The molecular weight excluding hydrogens is 258 g/mol. The van der Waals surface area contributed by atoms with Gasteiger partial charge in [-0.05, 0) is 49.1 Å². The van der Waals surface area contributed by atoms with Gasteiger partial charge in [-0.2, -0.15) is 0 Å². The van der Waals surface area contributed by atoms with Crippen molar-refractivity contribution in [2.24, 2.45) is 0 Å². The summed E-state index contributed by atoms with van der Waals surface area (Å²) < 4.78 is 0. The lowest BCUT2D eigenvalue weighted by atomic mass is 9.96. The molecule has 21 heavy (non-hydrogen) atoms. The summed E-state index contributed by atoms with van der Waals surface area (Å²) in [6, 6.07) is 11.0. The maximum Gasteiger partial charge on any atom is 0.128 e. The molecule has 112 valence electrons. The molecule has 2 aromatic rings. The normalized spacial score (nSPS) is 12.3. The molecule has 0 spiro atoms. The van der Waals surface area contributed by atoms with Crippen molar-refractivity contribution in [1.29, 1.82) is 0 Å². The first-order chi connectivity index (χ1) is 10.2. The van der Waals surface area contributed by atoms with Crippen molar-refractivity contribution in [3.63, 3.8) is 0 Å². The number of nitrogens with zero attached hydrogens (tertiary/aromatic N) is 1. The lowest BCUT2D eigenvalue weighted by Crippen LogP contribution is -2.24. The summed E-state index contributed by atoms with van der Waals surface area (Å²) >= 11 is 0. The summed E-state index contributed by atoms with van der Waals surface area (Å²) in [6.45, 7) is 7.34. The Hall–Kier alpha value is -1.87. The van der Waals surface area contributed by atoms with Gasteiger partial charge in [0.25, 0.3) is 0 Å². The Morgan fingerprint density at radius 1 is 1.19 bits per heavy atom. The Balaban J connectivity index is 2.38. The van der Waals surface area contributed by atoms with Gasteiger partial charge in [-0.15, -0.1) is 0 Å². The fraction of sp³-hybridized carbons (Fsp3) is 0.389. The van der Waals surface area contributed by atoms with Crippen molar-refractivity contribution in [3.8, 4) is 0 Å². The molecule has 0 radical (unpaired) electrons. The number of nitrogens with one attached hydrogen (secondary N) is 1. The van der Waals surface area contributed by atoms with E-state index in [1.165, 1.54) is 11.1 Å². The Morgan fingerprint density at radius 3 is 2.52 bits per heavy atom. The lowest BCUT2D eigenvalue weighted by Gasteiger charge is -2.21. The maximum atomic E-state index is 6.10. The van der Waals surface area contributed by atoms with E-state index in [2.05, 4.69) is 54.5 Å². The minimum absolute atomic E-state index is 0.100. The molecule has 0 aliphatic rings. The average Bonchev–Trinajstić information content (AvgIpc) is 2.51. The van der Waals surface area contributed by atoms with E-state index in [9.17, 15) is 0 Å². The van der Waals surface area contributed by atoms with Gasteiger partial charge in [-0.1, -0.05) is 38.1 Å². The quantitative estimate of drug-likeness (QED) is 0.851.